The van der Waals surface area contributed by atoms with Gasteiger partial charge in [0.2, 0.25) is 5.91 Å². The number of aromatic nitrogens is 1. The first-order valence-electron chi connectivity index (χ1n) is 15.9. The number of ether oxygens (including phenoxy) is 1. The lowest BCUT2D eigenvalue weighted by molar-refractivity contribution is -0.131. The predicted octanol–water partition coefficient (Wildman–Crippen LogP) is 8.56. The van der Waals surface area contributed by atoms with E-state index in [1.165, 1.54) is 32.5 Å². The molecule has 44 heavy (non-hydrogen) atoms. The number of nitrogens with zero attached hydrogens (tertiary/aromatic N) is 3. The summed E-state index contributed by atoms with van der Waals surface area (Å²) < 4.78 is 11.1. The van der Waals surface area contributed by atoms with Crippen LogP contribution in [0.2, 0.25) is 0 Å². The molecule has 2 heterocycles. The van der Waals surface area contributed by atoms with Crippen LogP contribution in [-0.4, -0.2) is 41.4 Å². The van der Waals surface area contributed by atoms with Gasteiger partial charge in [0.25, 0.3) is 0 Å². The van der Waals surface area contributed by atoms with Gasteiger partial charge in [0.05, 0.1) is 17.7 Å². The Hall–Kier alpha value is -4.16. The van der Waals surface area contributed by atoms with E-state index in [0.29, 0.717) is 19.6 Å². The molecule has 6 heteroatoms. The molecule has 1 aliphatic rings. The molecular formula is C38H41N3O2S. The zero-order chi connectivity index (χ0) is 30.1. The third kappa shape index (κ3) is 7.13. The number of carbonyl (C=O) groups is 1. The Labute approximate surface area is 265 Å². The molecule has 4 aromatic carbocycles. The van der Waals surface area contributed by atoms with E-state index in [1.54, 1.807) is 11.5 Å². The molecule has 0 spiro atoms. The maximum absolute atomic E-state index is 13.4. The Morgan fingerprint density at radius 1 is 0.841 bits per heavy atom. The monoisotopic (exact) mass is 603 g/mol. The summed E-state index contributed by atoms with van der Waals surface area (Å²) >= 11 is 1.60. The summed E-state index contributed by atoms with van der Waals surface area (Å²) in [6, 6.07) is 34.2. The van der Waals surface area contributed by atoms with Gasteiger partial charge >= 0.3 is 0 Å². The fraction of sp³-hybridized carbons (Fsp3) is 0.316. The quantitative estimate of drug-likeness (QED) is 0.178. The number of para-hydroxylation sites is 2. The normalized spacial score (nSPS) is 14.1. The number of hydrogen-bond donors (Lipinski definition) is 0. The SMILES string of the molecule is CCc1snc2c(CCCC(=O)N3CCCCN(Cc4ccc(-c5ccccc5)cc4)c4ccccc4OCC3)cccc12. The highest BCUT2D eigenvalue weighted by Crippen LogP contribution is 2.31. The van der Waals surface area contributed by atoms with Gasteiger partial charge in [-0.2, -0.15) is 4.37 Å². The van der Waals surface area contributed by atoms with Crippen LogP contribution in [0.5, 0.6) is 5.75 Å². The maximum atomic E-state index is 13.4. The molecule has 1 amide bonds. The van der Waals surface area contributed by atoms with E-state index < -0.39 is 0 Å². The summed E-state index contributed by atoms with van der Waals surface area (Å²) in [4.78, 5) is 19.2. The molecule has 1 aromatic heterocycles. The molecule has 1 aliphatic heterocycles. The first-order valence-corrected chi connectivity index (χ1v) is 16.7. The van der Waals surface area contributed by atoms with Crippen LogP contribution in [0.3, 0.4) is 0 Å². The van der Waals surface area contributed by atoms with E-state index in [9.17, 15) is 4.79 Å². The Morgan fingerprint density at radius 2 is 1.61 bits per heavy atom. The summed E-state index contributed by atoms with van der Waals surface area (Å²) in [7, 11) is 0. The molecule has 5 aromatic rings. The summed E-state index contributed by atoms with van der Waals surface area (Å²) in [5, 5.41) is 1.27. The van der Waals surface area contributed by atoms with Crippen LogP contribution in [-0.2, 0) is 24.2 Å². The van der Waals surface area contributed by atoms with Crippen molar-refractivity contribution >= 4 is 34.0 Å². The van der Waals surface area contributed by atoms with Crippen molar-refractivity contribution in [2.75, 3.05) is 31.1 Å². The molecule has 0 unspecified atom stereocenters. The van der Waals surface area contributed by atoms with Crippen LogP contribution < -0.4 is 9.64 Å². The van der Waals surface area contributed by atoms with Gasteiger partial charge in [-0.05, 0) is 78.0 Å². The minimum atomic E-state index is 0.219. The van der Waals surface area contributed by atoms with Crippen molar-refractivity contribution < 1.29 is 9.53 Å². The molecule has 0 radical (unpaired) electrons. The van der Waals surface area contributed by atoms with Gasteiger partial charge in [0, 0.05) is 36.3 Å². The molecule has 0 bridgehead atoms. The van der Waals surface area contributed by atoms with Crippen LogP contribution >= 0.6 is 11.5 Å². The van der Waals surface area contributed by atoms with Gasteiger partial charge in [-0.1, -0.05) is 91.9 Å². The van der Waals surface area contributed by atoms with Crippen molar-refractivity contribution in [3.63, 3.8) is 0 Å². The van der Waals surface area contributed by atoms with Gasteiger partial charge in [-0.3, -0.25) is 4.79 Å². The van der Waals surface area contributed by atoms with Gasteiger partial charge in [0.15, 0.2) is 0 Å². The number of aryl methyl sites for hydroxylation is 2. The van der Waals surface area contributed by atoms with E-state index in [2.05, 4.69) is 96.8 Å². The van der Waals surface area contributed by atoms with Crippen LogP contribution in [0.15, 0.2) is 97.1 Å². The molecule has 226 valence electrons. The van der Waals surface area contributed by atoms with E-state index in [4.69, 9.17) is 9.11 Å². The molecule has 6 rings (SSSR count). The number of amides is 1. The Kier molecular flexibility index (Phi) is 9.88. The van der Waals surface area contributed by atoms with Gasteiger partial charge < -0.3 is 14.5 Å². The van der Waals surface area contributed by atoms with Crippen molar-refractivity contribution in [1.82, 2.24) is 9.27 Å². The zero-order valence-corrected chi connectivity index (χ0v) is 26.4. The smallest absolute Gasteiger partial charge is 0.222 e. The first kappa shape index (κ1) is 29.9. The van der Waals surface area contributed by atoms with Gasteiger partial charge in [0.1, 0.15) is 12.4 Å². The second-order valence-corrected chi connectivity index (χ2v) is 12.4. The number of anilines is 1. The van der Waals surface area contributed by atoms with E-state index in [0.717, 1.165) is 68.7 Å². The lowest BCUT2D eigenvalue weighted by Crippen LogP contribution is -2.35. The fourth-order valence-electron chi connectivity index (χ4n) is 6.13. The van der Waals surface area contributed by atoms with Crippen LogP contribution in [0, 0.1) is 0 Å². The molecule has 0 aliphatic carbocycles. The number of fused-ring (bicyclic) bond motifs is 2. The average molecular weight is 604 g/mol. The lowest BCUT2D eigenvalue weighted by Gasteiger charge is -2.27. The highest BCUT2D eigenvalue weighted by molar-refractivity contribution is 7.07. The topological polar surface area (TPSA) is 45.7 Å². The van der Waals surface area contributed by atoms with Crippen LogP contribution in [0.25, 0.3) is 22.0 Å². The predicted molar refractivity (Wildman–Crippen MR) is 183 cm³/mol. The highest BCUT2D eigenvalue weighted by atomic mass is 32.1. The molecule has 0 N–H and O–H groups in total. The minimum absolute atomic E-state index is 0.219. The number of carbonyl (C=O) groups excluding carboxylic acids is 1. The highest BCUT2D eigenvalue weighted by Gasteiger charge is 2.18. The number of benzene rings is 4. The molecule has 0 atom stereocenters. The van der Waals surface area contributed by atoms with Crippen molar-refractivity contribution in [2.45, 2.75) is 52.0 Å². The lowest BCUT2D eigenvalue weighted by atomic mass is 10.0. The fourth-order valence-corrected chi connectivity index (χ4v) is 6.94. The Balaban J connectivity index is 1.08. The molecule has 0 saturated heterocycles. The van der Waals surface area contributed by atoms with E-state index in [1.807, 2.05) is 17.0 Å². The van der Waals surface area contributed by atoms with Crippen molar-refractivity contribution in [3.05, 3.63) is 113 Å². The zero-order valence-electron chi connectivity index (χ0n) is 25.6. The summed E-state index contributed by atoms with van der Waals surface area (Å²) in [5.41, 5.74) is 7.20. The molecule has 0 saturated carbocycles. The van der Waals surface area contributed by atoms with Crippen molar-refractivity contribution in [1.29, 1.82) is 0 Å². The molecule has 0 fully saturated rings. The molecule has 5 nitrogen and oxygen atoms in total. The second-order valence-electron chi connectivity index (χ2n) is 11.5. The second kappa shape index (κ2) is 14.5. The number of hydrogen-bond acceptors (Lipinski definition) is 5. The summed E-state index contributed by atoms with van der Waals surface area (Å²) in [6.45, 7) is 5.75. The third-order valence-electron chi connectivity index (χ3n) is 8.54. The Morgan fingerprint density at radius 3 is 2.45 bits per heavy atom. The van der Waals surface area contributed by atoms with E-state index in [-0.39, 0.29) is 5.91 Å². The first-order chi connectivity index (χ1) is 21.7. The third-order valence-corrected chi connectivity index (χ3v) is 9.55. The maximum Gasteiger partial charge on any atom is 0.222 e. The van der Waals surface area contributed by atoms with Crippen molar-refractivity contribution in [2.24, 2.45) is 0 Å². The van der Waals surface area contributed by atoms with Gasteiger partial charge in [-0.15, -0.1) is 0 Å². The number of rotatable bonds is 8. The van der Waals surface area contributed by atoms with Crippen LogP contribution in [0.4, 0.5) is 5.69 Å². The Bertz CT molecular complexity index is 1670. The average Bonchev–Trinajstić information content (AvgIpc) is 3.49. The van der Waals surface area contributed by atoms with Crippen LogP contribution in [0.1, 0.15) is 48.6 Å². The summed E-state index contributed by atoms with van der Waals surface area (Å²) in [6.07, 6.45) is 5.22. The van der Waals surface area contributed by atoms with Gasteiger partial charge in [-0.25, -0.2) is 0 Å². The standard InChI is InChI=1S/C38H41N3O2S/c1-2-36-33-16-10-14-32(38(33)39-44-36)15-11-19-37(42)40-24-8-9-25-41(34-17-6-7-18-35(34)43-27-26-40)28-29-20-22-31(23-21-29)30-12-4-3-5-13-30/h3-7,10,12-14,16-18,20-23H,2,8-9,11,15,19,24-28H2,1H3. The van der Waals surface area contributed by atoms with Crippen molar-refractivity contribution in [3.8, 4) is 16.9 Å². The minimum Gasteiger partial charge on any atom is -0.490 e. The summed E-state index contributed by atoms with van der Waals surface area (Å²) in [5.74, 6) is 1.10. The molecular weight excluding hydrogens is 563 g/mol. The largest absolute Gasteiger partial charge is 0.490 e. The van der Waals surface area contributed by atoms with E-state index >= 15 is 0 Å².